The Morgan fingerprint density at radius 2 is 1.65 bits per heavy atom. The molecule has 2 rings (SSSR count). The molecule has 0 fully saturated rings. The number of hydrogen-bond acceptors (Lipinski definition) is 3. The van der Waals surface area contributed by atoms with Gasteiger partial charge in [0.15, 0.2) is 11.5 Å². The Balaban J connectivity index is 2.20. The van der Waals surface area contributed by atoms with Gasteiger partial charge in [0, 0.05) is 17.8 Å². The van der Waals surface area contributed by atoms with E-state index in [0.717, 1.165) is 17.2 Å². The molecule has 0 aliphatic carbocycles. The summed E-state index contributed by atoms with van der Waals surface area (Å²) in [4.78, 5) is 0. The van der Waals surface area contributed by atoms with Gasteiger partial charge in [-0.15, -0.1) is 0 Å². The maximum atomic E-state index is 5.32. The van der Waals surface area contributed by atoms with E-state index in [-0.39, 0.29) is 6.04 Å². The Kier molecular flexibility index (Phi) is 4.51. The average molecular weight is 271 g/mol. The predicted molar refractivity (Wildman–Crippen MR) is 82.8 cm³/mol. The molecule has 0 spiro atoms. The van der Waals surface area contributed by atoms with Crippen LogP contribution in [0.4, 0.5) is 5.69 Å². The van der Waals surface area contributed by atoms with E-state index in [0.29, 0.717) is 0 Å². The first-order chi connectivity index (χ1) is 9.65. The minimum atomic E-state index is 0.231. The largest absolute Gasteiger partial charge is 0.493 e. The lowest BCUT2D eigenvalue weighted by Gasteiger charge is -2.19. The van der Waals surface area contributed by atoms with E-state index >= 15 is 0 Å². The molecule has 0 aliphatic rings. The monoisotopic (exact) mass is 271 g/mol. The van der Waals surface area contributed by atoms with Crippen molar-refractivity contribution in [2.45, 2.75) is 19.9 Å². The molecule has 0 saturated carbocycles. The number of methoxy groups -OCH3 is 2. The first-order valence-electron chi connectivity index (χ1n) is 6.69. The minimum Gasteiger partial charge on any atom is -0.493 e. The fourth-order valence-electron chi connectivity index (χ4n) is 2.33. The quantitative estimate of drug-likeness (QED) is 0.884. The Morgan fingerprint density at radius 1 is 0.950 bits per heavy atom. The molecule has 0 saturated heterocycles. The van der Waals surface area contributed by atoms with Crippen LogP contribution >= 0.6 is 0 Å². The molecule has 0 radical (unpaired) electrons. The van der Waals surface area contributed by atoms with Crippen LogP contribution in [-0.4, -0.2) is 14.2 Å². The molecule has 1 N–H and O–H groups in total. The van der Waals surface area contributed by atoms with Crippen molar-refractivity contribution in [3.8, 4) is 11.5 Å². The van der Waals surface area contributed by atoms with E-state index in [2.05, 4.69) is 43.4 Å². The van der Waals surface area contributed by atoms with Crippen LogP contribution in [0.3, 0.4) is 0 Å². The summed E-state index contributed by atoms with van der Waals surface area (Å²) in [5.41, 5.74) is 3.59. The van der Waals surface area contributed by atoms with Crippen molar-refractivity contribution < 1.29 is 9.47 Å². The summed E-state index contributed by atoms with van der Waals surface area (Å²) >= 11 is 0. The number of hydrogen-bond donors (Lipinski definition) is 1. The highest BCUT2D eigenvalue weighted by atomic mass is 16.5. The average Bonchev–Trinajstić information content (AvgIpc) is 2.47. The molecule has 1 atom stereocenters. The van der Waals surface area contributed by atoms with Gasteiger partial charge in [-0.05, 0) is 37.1 Å². The lowest BCUT2D eigenvalue weighted by atomic mass is 10.0. The van der Waals surface area contributed by atoms with Gasteiger partial charge in [0.25, 0.3) is 0 Å². The van der Waals surface area contributed by atoms with Crippen molar-refractivity contribution in [2.75, 3.05) is 19.5 Å². The van der Waals surface area contributed by atoms with Crippen molar-refractivity contribution in [2.24, 2.45) is 0 Å². The smallest absolute Gasteiger partial charge is 0.162 e. The van der Waals surface area contributed by atoms with E-state index in [4.69, 9.17) is 9.47 Å². The van der Waals surface area contributed by atoms with Crippen LogP contribution in [-0.2, 0) is 0 Å². The molecule has 3 nitrogen and oxygen atoms in total. The van der Waals surface area contributed by atoms with Crippen molar-refractivity contribution in [3.63, 3.8) is 0 Å². The highest BCUT2D eigenvalue weighted by molar-refractivity contribution is 5.55. The zero-order chi connectivity index (χ0) is 14.5. The molecule has 106 valence electrons. The summed E-state index contributed by atoms with van der Waals surface area (Å²) < 4.78 is 10.6. The van der Waals surface area contributed by atoms with Crippen LogP contribution in [0.1, 0.15) is 24.1 Å². The fourth-order valence-corrected chi connectivity index (χ4v) is 2.33. The number of benzene rings is 2. The molecular formula is C17H21NO2. The summed E-state index contributed by atoms with van der Waals surface area (Å²) in [5.74, 6) is 1.47. The maximum absolute atomic E-state index is 5.32. The van der Waals surface area contributed by atoms with Crippen molar-refractivity contribution in [3.05, 3.63) is 53.6 Å². The number of aryl methyl sites for hydroxylation is 1. The summed E-state index contributed by atoms with van der Waals surface area (Å²) in [7, 11) is 3.29. The van der Waals surface area contributed by atoms with E-state index in [1.165, 1.54) is 11.1 Å². The zero-order valence-corrected chi connectivity index (χ0v) is 12.4. The number of ether oxygens (including phenoxy) is 2. The molecule has 3 heteroatoms. The molecule has 0 bridgehead atoms. The molecule has 2 aromatic rings. The molecule has 0 aromatic heterocycles. The Labute approximate surface area is 120 Å². The first-order valence-corrected chi connectivity index (χ1v) is 6.69. The van der Waals surface area contributed by atoms with Gasteiger partial charge in [-0.25, -0.2) is 0 Å². The van der Waals surface area contributed by atoms with Gasteiger partial charge in [0.2, 0.25) is 0 Å². The second-order valence-electron chi connectivity index (χ2n) is 4.79. The lowest BCUT2D eigenvalue weighted by molar-refractivity contribution is 0.355. The van der Waals surface area contributed by atoms with E-state index in [1.807, 2.05) is 18.2 Å². The highest BCUT2D eigenvalue weighted by Gasteiger charge is 2.10. The van der Waals surface area contributed by atoms with Crippen LogP contribution in [0.2, 0.25) is 0 Å². The van der Waals surface area contributed by atoms with Crippen LogP contribution < -0.4 is 14.8 Å². The highest BCUT2D eigenvalue weighted by Crippen LogP contribution is 2.31. The van der Waals surface area contributed by atoms with Gasteiger partial charge in [0.1, 0.15) is 0 Å². The molecular weight excluding hydrogens is 250 g/mol. The van der Waals surface area contributed by atoms with E-state index in [9.17, 15) is 0 Å². The zero-order valence-electron chi connectivity index (χ0n) is 12.4. The molecule has 0 heterocycles. The molecule has 1 unspecified atom stereocenters. The normalized spacial score (nSPS) is 11.8. The fraction of sp³-hybridized carbons (Fsp3) is 0.294. The molecule has 0 aliphatic heterocycles. The molecule has 0 amide bonds. The summed E-state index contributed by atoms with van der Waals surface area (Å²) in [5, 5.41) is 3.49. The van der Waals surface area contributed by atoms with Gasteiger partial charge in [-0.2, -0.15) is 0 Å². The lowest BCUT2D eigenvalue weighted by Crippen LogP contribution is -2.08. The van der Waals surface area contributed by atoms with Crippen LogP contribution in [0.25, 0.3) is 0 Å². The summed E-state index contributed by atoms with van der Waals surface area (Å²) in [6.07, 6.45) is 0. The van der Waals surface area contributed by atoms with E-state index < -0.39 is 0 Å². The maximum Gasteiger partial charge on any atom is 0.162 e. The van der Waals surface area contributed by atoms with Gasteiger partial charge >= 0.3 is 0 Å². The SMILES string of the molecule is COc1ccc(NC(C)c2ccccc2C)cc1OC. The van der Waals surface area contributed by atoms with Crippen LogP contribution in [0.15, 0.2) is 42.5 Å². The Morgan fingerprint density at radius 3 is 2.30 bits per heavy atom. The minimum absolute atomic E-state index is 0.231. The van der Waals surface area contributed by atoms with Crippen LogP contribution in [0, 0.1) is 6.92 Å². The van der Waals surface area contributed by atoms with Crippen molar-refractivity contribution in [1.29, 1.82) is 0 Å². The first kappa shape index (κ1) is 14.3. The number of nitrogens with one attached hydrogen (secondary N) is 1. The standard InChI is InChI=1S/C17H21NO2/c1-12-7-5-6-8-15(12)13(2)18-14-9-10-16(19-3)17(11-14)20-4/h5-11,13,18H,1-4H3. The summed E-state index contributed by atoms with van der Waals surface area (Å²) in [6.45, 7) is 4.28. The third-order valence-corrected chi connectivity index (χ3v) is 3.42. The predicted octanol–water partition coefficient (Wildman–Crippen LogP) is 4.19. The van der Waals surface area contributed by atoms with Crippen molar-refractivity contribution in [1.82, 2.24) is 0 Å². The van der Waals surface area contributed by atoms with E-state index in [1.54, 1.807) is 14.2 Å². The molecule has 2 aromatic carbocycles. The Hall–Kier alpha value is -2.16. The Bertz CT molecular complexity index is 581. The molecule has 20 heavy (non-hydrogen) atoms. The second-order valence-corrected chi connectivity index (χ2v) is 4.79. The van der Waals surface area contributed by atoms with Crippen molar-refractivity contribution >= 4 is 5.69 Å². The van der Waals surface area contributed by atoms with Gasteiger partial charge in [-0.1, -0.05) is 24.3 Å². The van der Waals surface area contributed by atoms with Gasteiger partial charge in [0.05, 0.1) is 14.2 Å². The summed E-state index contributed by atoms with van der Waals surface area (Å²) in [6, 6.07) is 14.5. The van der Waals surface area contributed by atoms with Gasteiger partial charge in [-0.3, -0.25) is 0 Å². The van der Waals surface area contributed by atoms with Crippen LogP contribution in [0.5, 0.6) is 11.5 Å². The third-order valence-electron chi connectivity index (χ3n) is 3.42. The number of rotatable bonds is 5. The third kappa shape index (κ3) is 3.05. The number of anilines is 1. The van der Waals surface area contributed by atoms with Gasteiger partial charge < -0.3 is 14.8 Å². The second kappa shape index (κ2) is 6.33. The topological polar surface area (TPSA) is 30.5 Å².